The van der Waals surface area contributed by atoms with Gasteiger partial charge in [-0.3, -0.25) is 0 Å². The number of fused-ring (bicyclic) bond motifs is 2. The maximum Gasteiger partial charge on any atom is 0.163 e. The summed E-state index contributed by atoms with van der Waals surface area (Å²) in [4.78, 5) is 9.60. The molecule has 0 saturated heterocycles. The molecule has 8 nitrogen and oxygen atoms in total. The highest BCUT2D eigenvalue weighted by Gasteiger charge is 2.17. The van der Waals surface area contributed by atoms with Crippen LogP contribution in [0.15, 0.2) is 114 Å². The van der Waals surface area contributed by atoms with Gasteiger partial charge < -0.3 is 18.8 Å². The summed E-state index contributed by atoms with van der Waals surface area (Å²) < 4.78 is 21.8. The zero-order valence-corrected chi connectivity index (χ0v) is 25.7. The van der Waals surface area contributed by atoms with Gasteiger partial charge in [0.25, 0.3) is 0 Å². The first-order valence-corrected chi connectivity index (χ1v) is 14.9. The van der Waals surface area contributed by atoms with Gasteiger partial charge in [-0.2, -0.15) is 5.10 Å². The number of imidazole rings is 1. The lowest BCUT2D eigenvalue weighted by Crippen LogP contribution is -2.02. The molecule has 0 aliphatic carbocycles. The van der Waals surface area contributed by atoms with E-state index in [9.17, 15) is 0 Å². The SMILES string of the molecule is COc1ccc(Cn2nc(Br)c3c(Oc4ccc(-c5nc6ccccc6n5Cc5ccc(OC)cc5)cc4)ccnc32)cc1. The second-order valence-electron chi connectivity index (χ2n) is 10.3. The van der Waals surface area contributed by atoms with Crippen molar-refractivity contribution in [2.45, 2.75) is 13.1 Å². The topological polar surface area (TPSA) is 76.2 Å². The van der Waals surface area contributed by atoms with Crippen LogP contribution in [0.25, 0.3) is 33.5 Å². The number of methoxy groups -OCH3 is 2. The Morgan fingerprint density at radius 2 is 1.34 bits per heavy atom. The molecule has 0 aliphatic heterocycles. The van der Waals surface area contributed by atoms with Gasteiger partial charge in [-0.05, 0) is 87.7 Å². The van der Waals surface area contributed by atoms with E-state index in [1.165, 1.54) is 0 Å². The molecule has 0 unspecified atom stereocenters. The fourth-order valence-corrected chi connectivity index (χ4v) is 5.86. The molecule has 0 saturated carbocycles. The summed E-state index contributed by atoms with van der Waals surface area (Å²) in [6.45, 7) is 1.25. The highest BCUT2D eigenvalue weighted by atomic mass is 79.9. The summed E-state index contributed by atoms with van der Waals surface area (Å²) in [7, 11) is 3.34. The van der Waals surface area contributed by atoms with Crippen LogP contribution in [0.3, 0.4) is 0 Å². The Morgan fingerprint density at radius 1 is 0.705 bits per heavy atom. The average Bonchev–Trinajstić information content (AvgIpc) is 3.59. The number of rotatable bonds is 9. The lowest BCUT2D eigenvalue weighted by Gasteiger charge is -2.11. The van der Waals surface area contributed by atoms with E-state index in [2.05, 4.69) is 43.7 Å². The normalized spacial score (nSPS) is 11.2. The van der Waals surface area contributed by atoms with Crippen LogP contribution in [0.2, 0.25) is 0 Å². The third kappa shape index (κ3) is 5.38. The molecular formula is C35H28BrN5O3. The summed E-state index contributed by atoms with van der Waals surface area (Å²) in [5.41, 5.74) is 6.00. The molecule has 3 heterocycles. The summed E-state index contributed by atoms with van der Waals surface area (Å²) in [5, 5.41) is 5.51. The van der Waals surface area contributed by atoms with Gasteiger partial charge >= 0.3 is 0 Å². The number of aromatic nitrogens is 5. The number of pyridine rings is 1. The van der Waals surface area contributed by atoms with Gasteiger partial charge in [-0.1, -0.05) is 36.4 Å². The van der Waals surface area contributed by atoms with Gasteiger partial charge in [0.1, 0.15) is 33.4 Å². The maximum absolute atomic E-state index is 6.38. The monoisotopic (exact) mass is 645 g/mol. The minimum Gasteiger partial charge on any atom is -0.497 e. The second kappa shape index (κ2) is 11.9. The van der Waals surface area contributed by atoms with Crippen molar-refractivity contribution in [3.8, 4) is 34.4 Å². The van der Waals surface area contributed by atoms with Crippen molar-refractivity contribution in [1.29, 1.82) is 0 Å². The van der Waals surface area contributed by atoms with Crippen molar-refractivity contribution in [3.63, 3.8) is 0 Å². The van der Waals surface area contributed by atoms with Crippen LogP contribution in [-0.4, -0.2) is 38.5 Å². The molecule has 7 rings (SSSR count). The Morgan fingerprint density at radius 3 is 2.02 bits per heavy atom. The third-order valence-electron chi connectivity index (χ3n) is 7.54. The van der Waals surface area contributed by atoms with E-state index < -0.39 is 0 Å². The Kier molecular flexibility index (Phi) is 7.45. The van der Waals surface area contributed by atoms with Crippen molar-refractivity contribution in [2.75, 3.05) is 14.2 Å². The smallest absolute Gasteiger partial charge is 0.163 e. The number of benzene rings is 4. The molecule has 0 radical (unpaired) electrons. The van der Waals surface area contributed by atoms with Gasteiger partial charge in [-0.25, -0.2) is 14.6 Å². The number of nitrogens with zero attached hydrogens (tertiary/aromatic N) is 5. The summed E-state index contributed by atoms with van der Waals surface area (Å²) in [6.07, 6.45) is 1.74. The van der Waals surface area contributed by atoms with Crippen molar-refractivity contribution >= 4 is 38.0 Å². The number of para-hydroxylation sites is 2. The first kappa shape index (κ1) is 27.7. The van der Waals surface area contributed by atoms with E-state index in [0.29, 0.717) is 29.2 Å². The van der Waals surface area contributed by atoms with Crippen LogP contribution in [0, 0.1) is 0 Å². The van der Waals surface area contributed by atoms with Crippen LogP contribution in [0.5, 0.6) is 23.0 Å². The van der Waals surface area contributed by atoms with Gasteiger partial charge in [-0.15, -0.1) is 0 Å². The van der Waals surface area contributed by atoms with E-state index in [1.54, 1.807) is 20.4 Å². The number of halogens is 1. The Hall–Kier alpha value is -5.15. The first-order chi connectivity index (χ1) is 21.6. The molecule has 9 heteroatoms. The number of hydrogen-bond acceptors (Lipinski definition) is 6. The fourth-order valence-electron chi connectivity index (χ4n) is 5.29. The average molecular weight is 647 g/mol. The molecule has 0 amide bonds. The lowest BCUT2D eigenvalue weighted by molar-refractivity contribution is 0.414. The Labute approximate surface area is 262 Å². The first-order valence-electron chi connectivity index (χ1n) is 14.1. The second-order valence-corrected chi connectivity index (χ2v) is 11.0. The van der Waals surface area contributed by atoms with E-state index >= 15 is 0 Å². The predicted molar refractivity (Wildman–Crippen MR) is 175 cm³/mol. The molecule has 218 valence electrons. The van der Waals surface area contributed by atoms with Gasteiger partial charge in [0.2, 0.25) is 0 Å². The molecule has 0 aliphatic rings. The molecule has 0 N–H and O–H groups in total. The molecule has 0 fully saturated rings. The van der Waals surface area contributed by atoms with E-state index in [4.69, 9.17) is 24.3 Å². The standard InChI is InChI=1S/C35H28BrN5O3/c1-42-26-13-7-23(8-14-26)21-40-30-6-4-3-5-29(30)38-34(40)25-11-17-28(18-12-25)44-31-19-20-37-35-32(31)33(36)39-41(35)22-24-9-15-27(43-2)16-10-24/h3-20H,21-22H2,1-2H3. The summed E-state index contributed by atoms with van der Waals surface area (Å²) in [6, 6.07) is 34.1. The van der Waals surface area contributed by atoms with Crippen LogP contribution < -0.4 is 14.2 Å². The Bertz CT molecular complexity index is 2070. The van der Waals surface area contributed by atoms with Crippen molar-refractivity contribution in [3.05, 3.63) is 125 Å². The molecule has 0 bridgehead atoms. The zero-order valence-electron chi connectivity index (χ0n) is 24.1. The van der Waals surface area contributed by atoms with Crippen LogP contribution >= 0.6 is 15.9 Å². The third-order valence-corrected chi connectivity index (χ3v) is 8.09. The summed E-state index contributed by atoms with van der Waals surface area (Å²) in [5.74, 6) is 3.91. The molecule has 7 aromatic rings. The largest absolute Gasteiger partial charge is 0.497 e. The fraction of sp³-hybridized carbons (Fsp3) is 0.114. The summed E-state index contributed by atoms with van der Waals surface area (Å²) >= 11 is 3.63. The molecule has 4 aromatic carbocycles. The maximum atomic E-state index is 6.38. The van der Waals surface area contributed by atoms with Crippen molar-refractivity contribution in [1.82, 2.24) is 24.3 Å². The molecule has 0 atom stereocenters. The minimum atomic E-state index is 0.564. The molecule has 0 spiro atoms. The number of hydrogen-bond donors (Lipinski definition) is 0. The van der Waals surface area contributed by atoms with Crippen molar-refractivity contribution in [2.24, 2.45) is 0 Å². The molecule has 44 heavy (non-hydrogen) atoms. The molecular weight excluding hydrogens is 618 g/mol. The zero-order chi connectivity index (χ0) is 30.0. The van der Waals surface area contributed by atoms with E-state index in [-0.39, 0.29) is 0 Å². The highest BCUT2D eigenvalue weighted by Crippen LogP contribution is 2.35. The van der Waals surface area contributed by atoms with Crippen molar-refractivity contribution < 1.29 is 14.2 Å². The Balaban J connectivity index is 1.17. The van der Waals surface area contributed by atoms with Crippen LogP contribution in [0.1, 0.15) is 11.1 Å². The number of ether oxygens (including phenoxy) is 3. The quantitative estimate of drug-likeness (QED) is 0.158. The lowest BCUT2D eigenvalue weighted by atomic mass is 10.1. The highest BCUT2D eigenvalue weighted by molar-refractivity contribution is 9.10. The molecule has 3 aromatic heterocycles. The minimum absolute atomic E-state index is 0.564. The van der Waals surface area contributed by atoms with E-state index in [1.807, 2.05) is 89.6 Å². The van der Waals surface area contributed by atoms with Gasteiger partial charge in [0.15, 0.2) is 5.65 Å². The van der Waals surface area contributed by atoms with Crippen LogP contribution in [0.4, 0.5) is 0 Å². The predicted octanol–water partition coefficient (Wildman–Crippen LogP) is 8.12. The van der Waals surface area contributed by atoms with Gasteiger partial charge in [0.05, 0.1) is 37.2 Å². The van der Waals surface area contributed by atoms with Gasteiger partial charge in [0, 0.05) is 24.4 Å². The van der Waals surface area contributed by atoms with Crippen LogP contribution in [-0.2, 0) is 13.1 Å². The van der Waals surface area contributed by atoms with E-state index in [0.717, 1.165) is 56.1 Å².